The van der Waals surface area contributed by atoms with E-state index in [1.807, 2.05) is 4.90 Å². The molecule has 1 unspecified atom stereocenters. The Labute approximate surface area is 121 Å². The number of rotatable bonds is 2. The van der Waals surface area contributed by atoms with Gasteiger partial charge in [0.25, 0.3) is 5.70 Å². The molecule has 2 heterocycles. The first-order chi connectivity index (χ1) is 9.15. The van der Waals surface area contributed by atoms with Crippen molar-refractivity contribution in [3.8, 4) is 0 Å². The second-order valence-corrected chi connectivity index (χ2v) is 4.56. The summed E-state index contributed by atoms with van der Waals surface area (Å²) in [6, 6.07) is -0.884. The highest BCUT2D eigenvalue weighted by Crippen LogP contribution is 2.23. The minimum atomic E-state index is -0.471. The number of urea groups is 1. The van der Waals surface area contributed by atoms with Crippen LogP contribution in [0.15, 0.2) is 28.5 Å². The highest BCUT2D eigenvalue weighted by molar-refractivity contribution is 6.19. The monoisotopic (exact) mass is 299 g/mol. The quantitative estimate of drug-likeness (QED) is 0.548. The first-order valence-electron chi connectivity index (χ1n) is 6.08. The molecule has 2 amide bonds. The Morgan fingerprint density at radius 2 is 2.10 bits per heavy atom. The lowest BCUT2D eigenvalue weighted by atomic mass is 10.0. The maximum atomic E-state index is 11.2. The summed E-state index contributed by atoms with van der Waals surface area (Å²) in [6.45, 7) is 3.08. The molecule has 0 aromatic carbocycles. The number of carbonyl (C=O) groups is 1. The SMILES string of the molecule is Cl.O=C1N=C2C=C([N+](=O)[O-])C(N3CCNCC3)C=C2N1. The number of nitrogens with zero attached hydrogens (tertiary/aromatic N) is 3. The molecule has 0 saturated carbocycles. The molecule has 3 aliphatic rings. The molecule has 0 aromatic rings. The molecular formula is C11H14ClN5O3. The molecule has 0 spiro atoms. The number of nitro groups is 1. The van der Waals surface area contributed by atoms with E-state index in [9.17, 15) is 14.9 Å². The zero-order chi connectivity index (χ0) is 13.4. The number of carbonyl (C=O) groups excluding carboxylic acids is 1. The van der Waals surface area contributed by atoms with Crippen molar-refractivity contribution >= 4 is 24.1 Å². The van der Waals surface area contributed by atoms with E-state index in [-0.39, 0.29) is 18.1 Å². The molecule has 2 N–H and O–H groups in total. The van der Waals surface area contributed by atoms with E-state index < -0.39 is 17.0 Å². The van der Waals surface area contributed by atoms with E-state index in [4.69, 9.17) is 0 Å². The fraction of sp³-hybridized carbons (Fsp3) is 0.455. The van der Waals surface area contributed by atoms with Crippen molar-refractivity contribution in [1.29, 1.82) is 0 Å². The summed E-state index contributed by atoms with van der Waals surface area (Å²) in [4.78, 5) is 27.7. The molecule has 1 atom stereocenters. The van der Waals surface area contributed by atoms with E-state index in [0.717, 1.165) is 26.2 Å². The molecule has 1 aliphatic carbocycles. The molecule has 1 saturated heterocycles. The fourth-order valence-electron chi connectivity index (χ4n) is 2.50. The molecule has 0 bridgehead atoms. The van der Waals surface area contributed by atoms with E-state index in [2.05, 4.69) is 15.6 Å². The van der Waals surface area contributed by atoms with Crippen molar-refractivity contribution < 1.29 is 9.72 Å². The second kappa shape index (κ2) is 5.70. The van der Waals surface area contributed by atoms with Crippen molar-refractivity contribution in [2.24, 2.45) is 4.99 Å². The van der Waals surface area contributed by atoms with Crippen molar-refractivity contribution in [1.82, 2.24) is 15.5 Å². The van der Waals surface area contributed by atoms with Gasteiger partial charge in [-0.1, -0.05) is 0 Å². The van der Waals surface area contributed by atoms with Crippen molar-refractivity contribution in [2.45, 2.75) is 6.04 Å². The zero-order valence-corrected chi connectivity index (χ0v) is 11.4. The van der Waals surface area contributed by atoms with Gasteiger partial charge in [0.2, 0.25) is 0 Å². The normalized spacial score (nSPS) is 25.7. The number of fused-ring (bicyclic) bond motifs is 1. The molecule has 9 heteroatoms. The average Bonchev–Trinajstić information content (AvgIpc) is 2.77. The molecule has 2 aliphatic heterocycles. The van der Waals surface area contributed by atoms with Crippen LogP contribution in [0, 0.1) is 10.1 Å². The third kappa shape index (κ3) is 2.58. The standard InChI is InChI=1S/C11H13N5O3.ClH/c17-11-13-7-5-9(15-3-1-12-2-4-15)10(16(18)19)6-8(7)14-11;/h5-6,9,12H,1-4H2,(H,13,17);1H. The molecule has 1 fully saturated rings. The number of piperazine rings is 1. The van der Waals surface area contributed by atoms with Crippen LogP contribution in [0.5, 0.6) is 0 Å². The fourth-order valence-corrected chi connectivity index (χ4v) is 2.50. The van der Waals surface area contributed by atoms with E-state index >= 15 is 0 Å². The molecule has 0 aromatic heterocycles. The Balaban J connectivity index is 0.00000147. The average molecular weight is 300 g/mol. The predicted molar refractivity (Wildman–Crippen MR) is 74.6 cm³/mol. The second-order valence-electron chi connectivity index (χ2n) is 4.56. The van der Waals surface area contributed by atoms with Crippen molar-refractivity contribution in [3.05, 3.63) is 33.7 Å². The summed E-state index contributed by atoms with van der Waals surface area (Å²) in [5, 5.41) is 17.0. The number of hydrogen-bond donors (Lipinski definition) is 2. The molecule has 3 rings (SSSR count). The highest BCUT2D eigenvalue weighted by Gasteiger charge is 2.36. The first kappa shape index (κ1) is 14.6. The summed E-state index contributed by atoms with van der Waals surface area (Å²) >= 11 is 0. The van der Waals surface area contributed by atoms with Gasteiger partial charge in [0.05, 0.1) is 16.3 Å². The predicted octanol–water partition coefficient (Wildman–Crippen LogP) is -0.0957. The zero-order valence-electron chi connectivity index (χ0n) is 10.5. The maximum Gasteiger partial charge on any atom is 0.346 e. The van der Waals surface area contributed by atoms with Crippen LogP contribution >= 0.6 is 12.4 Å². The van der Waals surface area contributed by atoms with E-state index in [0.29, 0.717) is 11.4 Å². The van der Waals surface area contributed by atoms with Gasteiger partial charge in [-0.15, -0.1) is 12.4 Å². The summed E-state index contributed by atoms with van der Waals surface area (Å²) < 4.78 is 0. The number of aliphatic imine (C=N–C) groups is 1. The third-order valence-electron chi connectivity index (χ3n) is 3.41. The topological polar surface area (TPSA) is 99.9 Å². The van der Waals surface area contributed by atoms with E-state index in [1.54, 1.807) is 6.08 Å². The Morgan fingerprint density at radius 3 is 2.75 bits per heavy atom. The third-order valence-corrected chi connectivity index (χ3v) is 3.41. The number of halogens is 1. The Morgan fingerprint density at radius 1 is 1.40 bits per heavy atom. The summed E-state index contributed by atoms with van der Waals surface area (Å²) in [5.41, 5.74) is 0.989. The van der Waals surface area contributed by atoms with Crippen LogP contribution < -0.4 is 10.6 Å². The van der Waals surface area contributed by atoms with E-state index in [1.165, 1.54) is 6.08 Å². The molecule has 108 valence electrons. The van der Waals surface area contributed by atoms with Crippen LogP contribution in [0.25, 0.3) is 0 Å². The van der Waals surface area contributed by atoms with Crippen LogP contribution in [0.4, 0.5) is 4.79 Å². The minimum Gasteiger partial charge on any atom is -0.314 e. The Bertz CT molecular complexity index is 536. The van der Waals surface area contributed by atoms with Gasteiger partial charge in [0, 0.05) is 32.3 Å². The highest BCUT2D eigenvalue weighted by atomic mass is 35.5. The van der Waals surface area contributed by atoms with Gasteiger partial charge < -0.3 is 10.6 Å². The minimum absolute atomic E-state index is 0. The van der Waals surface area contributed by atoms with Gasteiger partial charge in [0.15, 0.2) is 0 Å². The Kier molecular flexibility index (Phi) is 4.17. The van der Waals surface area contributed by atoms with Crippen LogP contribution in [0.3, 0.4) is 0 Å². The number of allylic oxidation sites excluding steroid dienone is 1. The van der Waals surface area contributed by atoms with Crippen molar-refractivity contribution in [3.63, 3.8) is 0 Å². The van der Waals surface area contributed by atoms with Gasteiger partial charge in [0.1, 0.15) is 6.04 Å². The largest absolute Gasteiger partial charge is 0.346 e. The molecular weight excluding hydrogens is 286 g/mol. The lowest BCUT2D eigenvalue weighted by Crippen LogP contribution is -2.50. The Hall–Kier alpha value is -1.77. The summed E-state index contributed by atoms with van der Waals surface area (Å²) in [7, 11) is 0. The molecule has 20 heavy (non-hydrogen) atoms. The maximum absolute atomic E-state index is 11.2. The lowest BCUT2D eigenvalue weighted by Gasteiger charge is -2.32. The number of nitrogens with one attached hydrogen (secondary N) is 2. The van der Waals surface area contributed by atoms with Crippen LogP contribution in [0.1, 0.15) is 0 Å². The van der Waals surface area contributed by atoms with Crippen LogP contribution in [-0.4, -0.2) is 53.8 Å². The molecule has 8 nitrogen and oxygen atoms in total. The van der Waals surface area contributed by atoms with Gasteiger partial charge in [-0.05, 0) is 6.08 Å². The number of hydrogen-bond acceptors (Lipinski definition) is 5. The first-order valence-corrected chi connectivity index (χ1v) is 6.08. The smallest absolute Gasteiger partial charge is 0.314 e. The van der Waals surface area contributed by atoms with Crippen LogP contribution in [0.2, 0.25) is 0 Å². The molecule has 0 radical (unpaired) electrons. The summed E-state index contributed by atoms with van der Waals surface area (Å²) in [5.74, 6) is 0. The lowest BCUT2D eigenvalue weighted by molar-refractivity contribution is -0.431. The van der Waals surface area contributed by atoms with Gasteiger partial charge in [-0.2, -0.15) is 4.99 Å². The number of amides is 2. The van der Waals surface area contributed by atoms with Crippen molar-refractivity contribution in [2.75, 3.05) is 26.2 Å². The van der Waals surface area contributed by atoms with Gasteiger partial charge in [-0.3, -0.25) is 15.0 Å². The van der Waals surface area contributed by atoms with Gasteiger partial charge >= 0.3 is 6.03 Å². The summed E-state index contributed by atoms with van der Waals surface area (Å²) in [6.07, 6.45) is 3.10. The van der Waals surface area contributed by atoms with Gasteiger partial charge in [-0.25, -0.2) is 4.79 Å². The van der Waals surface area contributed by atoms with Crippen LogP contribution in [-0.2, 0) is 0 Å².